The van der Waals surface area contributed by atoms with Gasteiger partial charge in [0.2, 0.25) is 0 Å². The Morgan fingerprint density at radius 1 is 0.389 bits per heavy atom. The molecule has 0 aliphatic heterocycles. The van der Waals surface area contributed by atoms with Crippen LogP contribution in [0.5, 0.6) is 0 Å². The van der Waals surface area contributed by atoms with Gasteiger partial charge in [0.1, 0.15) is 11.4 Å². The standard InChI is InChI=1S/C49H33N5/c1-5-16-34(17-6-1)38-28-29-50-45(33-38)48-52-47(41-31-39(35-18-7-2-8-19-35)30-40(32-41)36-20-9-3-10-21-36)53-49(54-48)46(51-42-24-11-4-12-25-42)44-27-15-23-37-22-13-14-26-43(37)44/h1-33H. The Morgan fingerprint density at radius 2 is 0.926 bits per heavy atom. The van der Waals surface area contributed by atoms with Crippen molar-refractivity contribution >= 4 is 22.2 Å². The normalized spacial score (nSPS) is 11.4. The average molecular weight is 692 g/mol. The highest BCUT2D eigenvalue weighted by Crippen LogP contribution is 2.33. The predicted octanol–water partition coefficient (Wildman–Crippen LogP) is 11.9. The van der Waals surface area contributed by atoms with Gasteiger partial charge in [-0.1, -0.05) is 152 Å². The monoisotopic (exact) mass is 691 g/mol. The number of rotatable bonds is 8. The van der Waals surface area contributed by atoms with E-state index in [0.29, 0.717) is 28.9 Å². The minimum absolute atomic E-state index is 0.452. The van der Waals surface area contributed by atoms with Crippen LogP contribution < -0.4 is 0 Å². The fourth-order valence-electron chi connectivity index (χ4n) is 6.73. The van der Waals surface area contributed by atoms with Crippen LogP contribution in [-0.2, 0) is 0 Å². The Hall–Kier alpha value is -7.37. The van der Waals surface area contributed by atoms with Crippen LogP contribution in [0.2, 0.25) is 0 Å². The molecule has 5 nitrogen and oxygen atoms in total. The van der Waals surface area contributed by atoms with Crippen LogP contribution in [0.1, 0.15) is 11.4 Å². The topological polar surface area (TPSA) is 63.9 Å². The maximum absolute atomic E-state index is 5.28. The first-order valence-corrected chi connectivity index (χ1v) is 17.9. The molecule has 54 heavy (non-hydrogen) atoms. The summed E-state index contributed by atoms with van der Waals surface area (Å²) in [6.07, 6.45) is 1.81. The van der Waals surface area contributed by atoms with Gasteiger partial charge in [0, 0.05) is 17.3 Å². The van der Waals surface area contributed by atoms with Crippen LogP contribution in [0, 0.1) is 0 Å². The molecule has 254 valence electrons. The summed E-state index contributed by atoms with van der Waals surface area (Å²) in [6.45, 7) is 0. The van der Waals surface area contributed by atoms with Gasteiger partial charge in [-0.05, 0) is 86.6 Å². The molecule has 0 N–H and O–H groups in total. The van der Waals surface area contributed by atoms with Crippen LogP contribution in [0.3, 0.4) is 0 Å². The Morgan fingerprint density at radius 3 is 1.59 bits per heavy atom. The van der Waals surface area contributed by atoms with E-state index < -0.39 is 0 Å². The summed E-state index contributed by atoms with van der Waals surface area (Å²) in [6, 6.07) is 66.2. The Balaban J connectivity index is 1.32. The molecule has 0 fully saturated rings. The molecular formula is C49H33N5. The summed E-state index contributed by atoms with van der Waals surface area (Å²) in [5.41, 5.74) is 10.3. The van der Waals surface area contributed by atoms with Crippen molar-refractivity contribution in [2.45, 2.75) is 0 Å². The maximum atomic E-state index is 5.28. The molecule has 0 amide bonds. The van der Waals surface area contributed by atoms with Crippen LogP contribution >= 0.6 is 0 Å². The zero-order valence-corrected chi connectivity index (χ0v) is 29.3. The number of aromatic nitrogens is 4. The Labute approximate surface area is 314 Å². The molecule has 9 aromatic rings. The van der Waals surface area contributed by atoms with Gasteiger partial charge in [-0.3, -0.25) is 4.98 Å². The molecule has 0 aliphatic carbocycles. The first-order chi connectivity index (χ1) is 26.7. The minimum Gasteiger partial charge on any atom is -0.253 e. The second-order valence-electron chi connectivity index (χ2n) is 13.0. The fraction of sp³-hybridized carbons (Fsp3) is 0. The molecule has 7 aromatic carbocycles. The summed E-state index contributed by atoms with van der Waals surface area (Å²) >= 11 is 0. The summed E-state index contributed by atoms with van der Waals surface area (Å²) in [5, 5.41) is 2.16. The summed E-state index contributed by atoms with van der Waals surface area (Å²) in [4.78, 5) is 25.7. The summed E-state index contributed by atoms with van der Waals surface area (Å²) < 4.78 is 0. The lowest BCUT2D eigenvalue weighted by Crippen LogP contribution is -2.13. The first-order valence-electron chi connectivity index (χ1n) is 17.9. The van der Waals surface area contributed by atoms with Crippen molar-refractivity contribution in [2.24, 2.45) is 4.99 Å². The van der Waals surface area contributed by atoms with Crippen molar-refractivity contribution in [1.82, 2.24) is 19.9 Å². The third-order valence-corrected chi connectivity index (χ3v) is 9.39. The lowest BCUT2D eigenvalue weighted by molar-refractivity contribution is 1.03. The lowest BCUT2D eigenvalue weighted by atomic mass is 9.95. The third kappa shape index (κ3) is 6.82. The zero-order chi connectivity index (χ0) is 36.1. The molecule has 0 bridgehead atoms. The van der Waals surface area contributed by atoms with Gasteiger partial charge in [-0.25, -0.2) is 19.9 Å². The SMILES string of the molecule is c1ccc(N=C(c2nc(-c3cc(-c4ccccc4)cc(-c4ccccc4)c3)nc(-c3cc(-c4ccccc4)ccn3)n2)c2cccc3ccccc23)cc1. The highest BCUT2D eigenvalue weighted by atomic mass is 15.1. The third-order valence-electron chi connectivity index (χ3n) is 9.39. The van der Waals surface area contributed by atoms with Gasteiger partial charge in [0.25, 0.3) is 0 Å². The van der Waals surface area contributed by atoms with Gasteiger partial charge >= 0.3 is 0 Å². The van der Waals surface area contributed by atoms with Gasteiger partial charge in [0.05, 0.1) is 5.69 Å². The number of hydrogen-bond acceptors (Lipinski definition) is 5. The van der Waals surface area contributed by atoms with E-state index in [-0.39, 0.29) is 0 Å². The van der Waals surface area contributed by atoms with Gasteiger partial charge in [-0.15, -0.1) is 0 Å². The average Bonchev–Trinajstić information content (AvgIpc) is 3.26. The molecule has 0 saturated heterocycles. The van der Waals surface area contributed by atoms with E-state index in [1.165, 1.54) is 0 Å². The van der Waals surface area contributed by atoms with Crippen LogP contribution in [0.25, 0.3) is 67.1 Å². The number of aliphatic imine (C=N–C) groups is 1. The Kier molecular flexibility index (Phi) is 8.86. The van der Waals surface area contributed by atoms with Crippen molar-refractivity contribution in [3.63, 3.8) is 0 Å². The molecule has 0 spiro atoms. The van der Waals surface area contributed by atoms with Crippen LogP contribution in [0.15, 0.2) is 205 Å². The number of nitrogens with zero attached hydrogens (tertiary/aromatic N) is 5. The van der Waals surface area contributed by atoms with E-state index in [0.717, 1.165) is 61.0 Å². The highest BCUT2D eigenvalue weighted by Gasteiger charge is 2.20. The molecule has 5 heteroatoms. The lowest BCUT2D eigenvalue weighted by Gasteiger charge is -2.14. The van der Waals surface area contributed by atoms with E-state index in [4.69, 9.17) is 24.9 Å². The van der Waals surface area contributed by atoms with Gasteiger partial charge in [-0.2, -0.15) is 0 Å². The van der Waals surface area contributed by atoms with Crippen molar-refractivity contribution in [3.05, 3.63) is 212 Å². The number of hydrogen-bond donors (Lipinski definition) is 0. The largest absolute Gasteiger partial charge is 0.253 e. The number of fused-ring (bicyclic) bond motifs is 1. The molecular weight excluding hydrogens is 659 g/mol. The van der Waals surface area contributed by atoms with Crippen LogP contribution in [0.4, 0.5) is 5.69 Å². The summed E-state index contributed by atoms with van der Waals surface area (Å²) in [7, 11) is 0. The number of pyridine rings is 1. The highest BCUT2D eigenvalue weighted by molar-refractivity contribution is 6.18. The van der Waals surface area contributed by atoms with Gasteiger partial charge in [0.15, 0.2) is 17.5 Å². The second-order valence-corrected chi connectivity index (χ2v) is 13.0. The molecule has 9 rings (SSSR count). The second kappa shape index (κ2) is 14.7. The van der Waals surface area contributed by atoms with E-state index in [1.54, 1.807) is 0 Å². The maximum Gasteiger partial charge on any atom is 0.183 e. The van der Waals surface area contributed by atoms with E-state index in [2.05, 4.69) is 121 Å². The smallest absolute Gasteiger partial charge is 0.183 e. The Bertz CT molecular complexity index is 2680. The van der Waals surface area contributed by atoms with E-state index >= 15 is 0 Å². The molecule has 2 aromatic heterocycles. The number of benzene rings is 7. The van der Waals surface area contributed by atoms with Crippen molar-refractivity contribution < 1.29 is 0 Å². The minimum atomic E-state index is 0.452. The van der Waals surface area contributed by atoms with E-state index in [9.17, 15) is 0 Å². The molecule has 0 aliphatic rings. The molecule has 0 radical (unpaired) electrons. The van der Waals surface area contributed by atoms with Crippen molar-refractivity contribution in [3.8, 4) is 56.3 Å². The van der Waals surface area contributed by atoms with Crippen molar-refractivity contribution in [1.29, 1.82) is 0 Å². The van der Waals surface area contributed by atoms with Crippen molar-refractivity contribution in [2.75, 3.05) is 0 Å². The molecule has 0 unspecified atom stereocenters. The fourth-order valence-corrected chi connectivity index (χ4v) is 6.73. The number of para-hydroxylation sites is 1. The zero-order valence-electron chi connectivity index (χ0n) is 29.3. The molecule has 0 atom stereocenters. The molecule has 0 saturated carbocycles. The van der Waals surface area contributed by atoms with Crippen LogP contribution in [-0.4, -0.2) is 25.6 Å². The quantitative estimate of drug-likeness (QED) is 0.149. The van der Waals surface area contributed by atoms with Gasteiger partial charge < -0.3 is 0 Å². The summed E-state index contributed by atoms with van der Waals surface area (Å²) in [5.74, 6) is 1.44. The first kappa shape index (κ1) is 32.5. The van der Waals surface area contributed by atoms with E-state index in [1.807, 2.05) is 79.0 Å². The predicted molar refractivity (Wildman–Crippen MR) is 220 cm³/mol. The molecule has 2 heterocycles.